The van der Waals surface area contributed by atoms with Gasteiger partial charge in [0, 0.05) is 18.8 Å². The smallest absolute Gasteiger partial charge is 0.296 e. The molecule has 0 spiro atoms. The van der Waals surface area contributed by atoms with Crippen molar-refractivity contribution in [2.45, 2.75) is 6.92 Å². The molecular weight excluding hydrogens is 473 g/mol. The zero-order chi connectivity index (χ0) is 24.0. The minimum Gasteiger partial charge on any atom is -0.349 e. The van der Waals surface area contributed by atoms with Crippen LogP contribution in [0.25, 0.3) is 5.69 Å². The monoisotopic (exact) mass is 487 g/mol. The van der Waals surface area contributed by atoms with E-state index in [0.717, 1.165) is 6.07 Å². The van der Waals surface area contributed by atoms with Crippen molar-refractivity contribution in [2.75, 3.05) is 10.2 Å². The molecule has 0 unspecified atom stereocenters. The Labute approximate surface area is 196 Å². The van der Waals surface area contributed by atoms with Gasteiger partial charge in [0.2, 0.25) is 0 Å². The van der Waals surface area contributed by atoms with Crippen LogP contribution in [0.1, 0.15) is 5.69 Å². The van der Waals surface area contributed by atoms with Crippen LogP contribution in [0.15, 0.2) is 64.1 Å². The average Bonchev–Trinajstić information content (AvgIpc) is 3.13. The third kappa shape index (κ3) is 3.59. The van der Waals surface area contributed by atoms with Crippen LogP contribution in [-0.4, -0.2) is 26.1 Å². The number of rotatable bonds is 5. The summed E-state index contributed by atoms with van der Waals surface area (Å²) in [6, 6.07) is 12.5. The van der Waals surface area contributed by atoms with E-state index in [2.05, 4.69) is 5.32 Å². The van der Waals surface area contributed by atoms with Gasteiger partial charge in [0.05, 0.1) is 16.3 Å². The Kier molecular flexibility index (Phi) is 5.56. The molecule has 0 aliphatic carbocycles. The predicted molar refractivity (Wildman–Crippen MR) is 123 cm³/mol. The van der Waals surface area contributed by atoms with E-state index < -0.39 is 33.0 Å². The molecule has 12 heteroatoms. The van der Waals surface area contributed by atoms with Crippen molar-refractivity contribution in [1.82, 2.24) is 9.36 Å². The van der Waals surface area contributed by atoms with Crippen molar-refractivity contribution in [1.29, 1.82) is 0 Å². The number of carbonyl (C=O) groups is 2. The van der Waals surface area contributed by atoms with Gasteiger partial charge in [-0.3, -0.25) is 29.2 Å². The number of benzene rings is 2. The Hall–Kier alpha value is -3.89. The summed E-state index contributed by atoms with van der Waals surface area (Å²) in [4.78, 5) is 50.5. The normalized spacial score (nSPS) is 13.8. The highest BCUT2D eigenvalue weighted by Gasteiger charge is 2.42. The minimum atomic E-state index is -0.890. The molecule has 3 aromatic rings. The molecule has 4 rings (SSSR count). The van der Waals surface area contributed by atoms with Gasteiger partial charge in [-0.15, -0.1) is 0 Å². The fourth-order valence-electron chi connectivity index (χ4n) is 3.50. The van der Waals surface area contributed by atoms with Gasteiger partial charge in [-0.25, -0.2) is 9.58 Å². The van der Waals surface area contributed by atoms with Crippen LogP contribution in [0, 0.1) is 17.0 Å². The SMILES string of the molecule is Cc1c(N2C(=O)C(Cl)=C(Nc3ccc(Cl)c([N+](=O)[O-])c3)C2=O)c(=O)n(-c2ccccc2)n1C. The standard InChI is InChI=1S/C21H15Cl2N5O5/c1-11-18(21(31)27(25(11)2)13-6-4-3-5-7-13)26-19(29)16(23)17(20(26)30)24-12-8-9-14(22)15(10-12)28(32)33/h3-10,24H,1-2H3. The highest BCUT2D eigenvalue weighted by molar-refractivity contribution is 6.53. The molecule has 1 N–H and O–H groups in total. The summed E-state index contributed by atoms with van der Waals surface area (Å²) < 4.78 is 2.85. The first-order chi connectivity index (χ1) is 15.6. The summed E-state index contributed by atoms with van der Waals surface area (Å²) in [7, 11) is 1.62. The molecule has 1 aromatic heterocycles. The molecule has 0 radical (unpaired) electrons. The lowest BCUT2D eigenvalue weighted by Gasteiger charge is -2.13. The molecule has 0 saturated heterocycles. The number of para-hydroxylation sites is 1. The van der Waals surface area contributed by atoms with E-state index in [1.807, 2.05) is 0 Å². The molecule has 0 atom stereocenters. The van der Waals surface area contributed by atoms with Gasteiger partial charge >= 0.3 is 0 Å². The first-order valence-electron chi connectivity index (χ1n) is 9.47. The number of hydrogen-bond acceptors (Lipinski definition) is 6. The van der Waals surface area contributed by atoms with E-state index in [1.54, 1.807) is 44.3 Å². The number of aromatic nitrogens is 2. The number of nitro benzene ring substituents is 1. The maximum Gasteiger partial charge on any atom is 0.296 e. The number of hydrogen-bond donors (Lipinski definition) is 1. The number of amides is 2. The molecule has 0 fully saturated rings. The molecule has 2 heterocycles. The van der Waals surface area contributed by atoms with Gasteiger partial charge < -0.3 is 5.32 Å². The van der Waals surface area contributed by atoms with Crippen LogP contribution < -0.4 is 15.8 Å². The summed E-state index contributed by atoms with van der Waals surface area (Å²) in [6.07, 6.45) is 0. The molecule has 2 amide bonds. The zero-order valence-corrected chi connectivity index (χ0v) is 18.7. The number of halogens is 2. The maximum absolute atomic E-state index is 13.2. The lowest BCUT2D eigenvalue weighted by molar-refractivity contribution is -0.384. The Balaban J connectivity index is 1.75. The number of nitrogens with one attached hydrogen (secondary N) is 1. The van der Waals surface area contributed by atoms with E-state index in [1.165, 1.54) is 21.5 Å². The van der Waals surface area contributed by atoms with Gasteiger partial charge in [-0.05, 0) is 31.2 Å². The second-order valence-electron chi connectivity index (χ2n) is 7.09. The topological polar surface area (TPSA) is 119 Å². The van der Waals surface area contributed by atoms with Crippen molar-refractivity contribution in [3.63, 3.8) is 0 Å². The molecule has 0 bridgehead atoms. The van der Waals surface area contributed by atoms with Crippen LogP contribution in [0.3, 0.4) is 0 Å². The predicted octanol–water partition coefficient (Wildman–Crippen LogP) is 3.48. The highest BCUT2D eigenvalue weighted by atomic mass is 35.5. The van der Waals surface area contributed by atoms with Gasteiger partial charge in [0.25, 0.3) is 23.1 Å². The Morgan fingerprint density at radius 1 is 1.00 bits per heavy atom. The van der Waals surface area contributed by atoms with Crippen molar-refractivity contribution >= 4 is 52.1 Å². The van der Waals surface area contributed by atoms with Crippen LogP contribution in [0.5, 0.6) is 0 Å². The van der Waals surface area contributed by atoms with E-state index in [4.69, 9.17) is 23.2 Å². The van der Waals surface area contributed by atoms with Crippen molar-refractivity contribution < 1.29 is 14.5 Å². The minimum absolute atomic E-state index is 0.0950. The van der Waals surface area contributed by atoms with Gasteiger partial charge in [0.15, 0.2) is 0 Å². The summed E-state index contributed by atoms with van der Waals surface area (Å²) >= 11 is 12.0. The Morgan fingerprint density at radius 2 is 1.67 bits per heavy atom. The number of nitrogens with zero attached hydrogens (tertiary/aromatic N) is 4. The molecule has 1 aliphatic heterocycles. The zero-order valence-electron chi connectivity index (χ0n) is 17.2. The molecule has 168 valence electrons. The van der Waals surface area contributed by atoms with E-state index in [-0.39, 0.29) is 22.1 Å². The third-order valence-electron chi connectivity index (χ3n) is 5.19. The van der Waals surface area contributed by atoms with Crippen LogP contribution in [0.4, 0.5) is 17.1 Å². The number of imide groups is 1. The summed E-state index contributed by atoms with van der Waals surface area (Å²) in [6.45, 7) is 1.60. The summed E-state index contributed by atoms with van der Waals surface area (Å²) in [5.41, 5.74) is -0.413. The Bertz CT molecular complexity index is 1420. The maximum atomic E-state index is 13.2. The Morgan fingerprint density at radius 3 is 2.30 bits per heavy atom. The van der Waals surface area contributed by atoms with E-state index >= 15 is 0 Å². The highest BCUT2D eigenvalue weighted by Crippen LogP contribution is 2.33. The first kappa shape index (κ1) is 22.3. The van der Waals surface area contributed by atoms with Crippen molar-refractivity contribution in [2.24, 2.45) is 7.05 Å². The lowest BCUT2D eigenvalue weighted by atomic mass is 10.2. The fraction of sp³-hybridized carbons (Fsp3) is 0.0952. The van der Waals surface area contributed by atoms with Gasteiger partial charge in [-0.1, -0.05) is 41.4 Å². The second kappa shape index (κ2) is 8.23. The molecule has 1 aliphatic rings. The van der Waals surface area contributed by atoms with Gasteiger partial charge in [0.1, 0.15) is 21.4 Å². The molecule has 2 aromatic carbocycles. The second-order valence-corrected chi connectivity index (χ2v) is 7.88. The van der Waals surface area contributed by atoms with E-state index in [0.29, 0.717) is 16.3 Å². The molecule has 0 saturated carbocycles. The number of nitro groups is 1. The molecule has 10 nitrogen and oxygen atoms in total. The van der Waals surface area contributed by atoms with E-state index in [9.17, 15) is 24.5 Å². The van der Waals surface area contributed by atoms with Crippen molar-refractivity contribution in [3.05, 3.63) is 90.4 Å². The van der Waals surface area contributed by atoms with Crippen LogP contribution >= 0.6 is 23.2 Å². The van der Waals surface area contributed by atoms with Crippen LogP contribution in [-0.2, 0) is 16.6 Å². The largest absolute Gasteiger partial charge is 0.349 e. The summed E-state index contributed by atoms with van der Waals surface area (Å²) in [5.74, 6) is -1.76. The first-order valence-corrected chi connectivity index (χ1v) is 10.2. The lowest BCUT2D eigenvalue weighted by Crippen LogP contribution is -2.36. The third-order valence-corrected chi connectivity index (χ3v) is 5.86. The van der Waals surface area contributed by atoms with Crippen molar-refractivity contribution in [3.8, 4) is 5.69 Å². The van der Waals surface area contributed by atoms with Crippen LogP contribution in [0.2, 0.25) is 5.02 Å². The molecule has 33 heavy (non-hydrogen) atoms. The number of anilines is 2. The molecular formula is C21H15Cl2N5O5. The quantitative estimate of drug-likeness (QED) is 0.334. The number of carbonyl (C=O) groups excluding carboxylic acids is 2. The average molecular weight is 488 g/mol. The fourth-order valence-corrected chi connectivity index (χ4v) is 3.90. The summed E-state index contributed by atoms with van der Waals surface area (Å²) in [5, 5.41) is 13.2. The van der Waals surface area contributed by atoms with Gasteiger partial charge in [-0.2, -0.15) is 0 Å².